The number of carboxylic acid groups (broad SMARTS) is 1. The molecule has 1 aliphatic rings. The lowest BCUT2D eigenvalue weighted by molar-refractivity contribution is 0.0689. The molecule has 0 aliphatic heterocycles. The van der Waals surface area contributed by atoms with E-state index in [2.05, 4.69) is 15.3 Å². The first-order chi connectivity index (χ1) is 8.65. The quantitative estimate of drug-likeness (QED) is 0.908. The van der Waals surface area contributed by atoms with Crippen LogP contribution in [0.1, 0.15) is 45.6 Å². The molecule has 6 nitrogen and oxygen atoms in total. The van der Waals surface area contributed by atoms with Gasteiger partial charge in [-0.05, 0) is 19.8 Å². The Morgan fingerprint density at radius 3 is 2.94 bits per heavy atom. The van der Waals surface area contributed by atoms with Crippen LogP contribution in [0.25, 0.3) is 0 Å². The molecule has 0 spiro atoms. The second-order valence-corrected chi connectivity index (χ2v) is 5.48. The van der Waals surface area contributed by atoms with Crippen molar-refractivity contribution < 1.29 is 9.90 Å². The summed E-state index contributed by atoms with van der Waals surface area (Å²) >= 11 is 1.58. The molecule has 7 heteroatoms. The standard InChI is InChI=1S/C11H12N4O2S/c1-6-12-8(5-18-6)4-15-10(7-2-3-7)9(11(16)17)13-14-15/h5,7H,2-4H2,1H3,(H,16,17). The Hall–Kier alpha value is -1.76. The molecular weight excluding hydrogens is 252 g/mol. The second kappa shape index (κ2) is 4.16. The number of carbonyl (C=O) groups is 1. The number of thiazole rings is 1. The van der Waals surface area contributed by atoms with Gasteiger partial charge in [0.25, 0.3) is 0 Å². The molecule has 1 aliphatic carbocycles. The third-order valence-corrected chi connectivity index (χ3v) is 3.74. The largest absolute Gasteiger partial charge is 0.476 e. The summed E-state index contributed by atoms with van der Waals surface area (Å²) in [5.41, 5.74) is 1.74. The van der Waals surface area contributed by atoms with E-state index in [1.807, 2.05) is 12.3 Å². The molecule has 2 aromatic heterocycles. The van der Waals surface area contributed by atoms with E-state index in [4.69, 9.17) is 5.11 Å². The van der Waals surface area contributed by atoms with Crippen LogP contribution in [0.3, 0.4) is 0 Å². The minimum absolute atomic E-state index is 0.0875. The Kier molecular flexibility index (Phi) is 2.62. The van der Waals surface area contributed by atoms with Gasteiger partial charge in [0.2, 0.25) is 0 Å². The van der Waals surface area contributed by atoms with Gasteiger partial charge in [-0.1, -0.05) is 5.21 Å². The maximum Gasteiger partial charge on any atom is 0.358 e. The molecule has 0 unspecified atom stereocenters. The van der Waals surface area contributed by atoms with Crippen LogP contribution in [-0.2, 0) is 6.54 Å². The van der Waals surface area contributed by atoms with Crippen molar-refractivity contribution in [2.75, 3.05) is 0 Å². The molecule has 0 saturated heterocycles. The van der Waals surface area contributed by atoms with Crippen LogP contribution in [0.2, 0.25) is 0 Å². The Bertz CT molecular complexity index is 600. The van der Waals surface area contributed by atoms with E-state index in [0.717, 1.165) is 29.2 Å². The molecule has 1 N–H and O–H groups in total. The van der Waals surface area contributed by atoms with Gasteiger partial charge in [0.15, 0.2) is 5.69 Å². The second-order valence-electron chi connectivity index (χ2n) is 4.42. The van der Waals surface area contributed by atoms with Crippen molar-refractivity contribution in [2.24, 2.45) is 0 Å². The van der Waals surface area contributed by atoms with Crippen LogP contribution in [0, 0.1) is 6.92 Å². The highest BCUT2D eigenvalue weighted by Crippen LogP contribution is 2.41. The molecule has 18 heavy (non-hydrogen) atoms. The summed E-state index contributed by atoms with van der Waals surface area (Å²) in [5, 5.41) is 19.8. The highest BCUT2D eigenvalue weighted by molar-refractivity contribution is 7.09. The molecule has 3 rings (SSSR count). The highest BCUT2D eigenvalue weighted by Gasteiger charge is 2.33. The van der Waals surface area contributed by atoms with Gasteiger partial charge in [0, 0.05) is 11.3 Å². The first-order valence-corrected chi connectivity index (χ1v) is 6.61. The first-order valence-electron chi connectivity index (χ1n) is 5.73. The first kappa shape index (κ1) is 11.3. The van der Waals surface area contributed by atoms with Gasteiger partial charge in [-0.25, -0.2) is 14.5 Å². The van der Waals surface area contributed by atoms with Crippen LogP contribution in [0.4, 0.5) is 0 Å². The lowest BCUT2D eigenvalue weighted by Crippen LogP contribution is -2.08. The average molecular weight is 264 g/mol. The van der Waals surface area contributed by atoms with Crippen molar-refractivity contribution in [3.8, 4) is 0 Å². The minimum Gasteiger partial charge on any atom is -0.476 e. The van der Waals surface area contributed by atoms with Crippen LogP contribution in [0.15, 0.2) is 5.38 Å². The summed E-state index contributed by atoms with van der Waals surface area (Å²) in [6.45, 7) is 2.44. The minimum atomic E-state index is -1.00. The maximum absolute atomic E-state index is 11.1. The molecule has 2 aromatic rings. The normalized spacial score (nSPS) is 14.9. The smallest absolute Gasteiger partial charge is 0.358 e. The van der Waals surface area contributed by atoms with Gasteiger partial charge < -0.3 is 5.11 Å². The lowest BCUT2D eigenvalue weighted by atomic mass is 10.2. The van der Waals surface area contributed by atoms with Crippen LogP contribution in [0.5, 0.6) is 0 Å². The number of hydrogen-bond acceptors (Lipinski definition) is 5. The average Bonchev–Trinajstić information content (AvgIpc) is 2.94. The fraction of sp³-hybridized carbons (Fsp3) is 0.455. The van der Waals surface area contributed by atoms with Gasteiger partial charge in [0.05, 0.1) is 22.9 Å². The number of aromatic nitrogens is 4. The fourth-order valence-corrected chi connectivity index (χ4v) is 2.59. The Balaban J connectivity index is 1.94. The summed E-state index contributed by atoms with van der Waals surface area (Å²) < 4.78 is 1.68. The number of aryl methyl sites for hydroxylation is 1. The van der Waals surface area contributed by atoms with Crippen molar-refractivity contribution in [2.45, 2.75) is 32.2 Å². The maximum atomic E-state index is 11.1. The van der Waals surface area contributed by atoms with E-state index in [0.29, 0.717) is 12.5 Å². The van der Waals surface area contributed by atoms with E-state index in [9.17, 15) is 4.79 Å². The number of nitrogens with zero attached hydrogens (tertiary/aromatic N) is 4. The fourth-order valence-electron chi connectivity index (χ4n) is 1.98. The molecule has 0 radical (unpaired) electrons. The van der Waals surface area contributed by atoms with Crippen molar-refractivity contribution in [1.29, 1.82) is 0 Å². The topological polar surface area (TPSA) is 80.9 Å². The third-order valence-electron chi connectivity index (χ3n) is 2.92. The lowest BCUT2D eigenvalue weighted by Gasteiger charge is -2.03. The van der Waals surface area contributed by atoms with Crippen molar-refractivity contribution >= 4 is 17.3 Å². The number of aromatic carboxylic acids is 1. The molecular formula is C11H12N4O2S. The van der Waals surface area contributed by atoms with Crippen molar-refractivity contribution in [3.63, 3.8) is 0 Å². The summed E-state index contributed by atoms with van der Waals surface area (Å²) in [7, 11) is 0. The predicted octanol–water partition coefficient (Wildman–Crippen LogP) is 1.67. The molecule has 94 valence electrons. The zero-order valence-corrected chi connectivity index (χ0v) is 10.6. The summed E-state index contributed by atoms with van der Waals surface area (Å²) in [4.78, 5) is 15.5. The number of hydrogen-bond donors (Lipinski definition) is 1. The number of rotatable bonds is 4. The summed E-state index contributed by atoms with van der Waals surface area (Å²) in [6, 6.07) is 0. The van der Waals surface area contributed by atoms with Gasteiger partial charge >= 0.3 is 5.97 Å². The molecule has 2 heterocycles. The zero-order valence-electron chi connectivity index (χ0n) is 9.83. The molecule has 1 fully saturated rings. The van der Waals surface area contributed by atoms with Crippen molar-refractivity contribution in [3.05, 3.63) is 27.5 Å². The molecule has 0 aromatic carbocycles. The van der Waals surface area contributed by atoms with Crippen LogP contribution < -0.4 is 0 Å². The van der Waals surface area contributed by atoms with E-state index >= 15 is 0 Å². The van der Waals surface area contributed by atoms with E-state index < -0.39 is 5.97 Å². The molecule has 0 amide bonds. The predicted molar refractivity (Wildman–Crippen MR) is 64.9 cm³/mol. The van der Waals surface area contributed by atoms with E-state index in [1.165, 1.54) is 0 Å². The Morgan fingerprint density at radius 2 is 2.39 bits per heavy atom. The van der Waals surface area contributed by atoms with Crippen LogP contribution in [-0.4, -0.2) is 31.1 Å². The van der Waals surface area contributed by atoms with Crippen LogP contribution >= 0.6 is 11.3 Å². The van der Waals surface area contributed by atoms with Gasteiger partial charge in [-0.2, -0.15) is 0 Å². The van der Waals surface area contributed by atoms with E-state index in [-0.39, 0.29) is 5.69 Å². The van der Waals surface area contributed by atoms with Gasteiger partial charge in [-0.3, -0.25) is 0 Å². The monoisotopic (exact) mass is 264 g/mol. The van der Waals surface area contributed by atoms with Gasteiger partial charge in [0.1, 0.15) is 0 Å². The van der Waals surface area contributed by atoms with Crippen molar-refractivity contribution in [1.82, 2.24) is 20.0 Å². The Morgan fingerprint density at radius 1 is 1.61 bits per heavy atom. The summed E-state index contributed by atoms with van der Waals surface area (Å²) in [6.07, 6.45) is 2.04. The summed E-state index contributed by atoms with van der Waals surface area (Å²) in [5.74, 6) is -0.705. The third kappa shape index (κ3) is 2.01. The van der Waals surface area contributed by atoms with Gasteiger partial charge in [-0.15, -0.1) is 16.4 Å². The molecule has 0 bridgehead atoms. The Labute approximate surface area is 107 Å². The SMILES string of the molecule is Cc1nc(Cn2nnc(C(=O)O)c2C2CC2)cs1. The van der Waals surface area contributed by atoms with E-state index in [1.54, 1.807) is 16.0 Å². The molecule has 0 atom stereocenters. The zero-order chi connectivity index (χ0) is 12.7. The molecule has 1 saturated carbocycles. The number of carboxylic acids is 1. The highest BCUT2D eigenvalue weighted by atomic mass is 32.1.